The Labute approximate surface area is 296 Å². The van der Waals surface area contributed by atoms with E-state index in [1.54, 1.807) is 13.8 Å². The molecule has 2 heterocycles. The quantitative estimate of drug-likeness (QED) is 0.0311. The number of nitrogens with zero attached hydrogens (tertiary/aromatic N) is 1. The Kier molecular flexibility index (Phi) is 15.0. The summed E-state index contributed by atoms with van der Waals surface area (Å²) in [6.45, 7) is 1.65. The number of aliphatic hydroxyl groups is 3. The predicted molar refractivity (Wildman–Crippen MR) is 170 cm³/mol. The van der Waals surface area contributed by atoms with Crippen molar-refractivity contribution in [2.75, 3.05) is 38.7 Å². The van der Waals surface area contributed by atoms with Crippen molar-refractivity contribution in [3.8, 4) is 11.5 Å². The Balaban J connectivity index is 1.55. The maximum atomic E-state index is 12.6. The number of carboxylic acid groups (broad SMARTS) is 1. The lowest BCUT2D eigenvalue weighted by atomic mass is 9.99. The molecule has 1 fully saturated rings. The zero-order valence-corrected chi connectivity index (χ0v) is 28.6. The number of rotatable bonds is 19. The van der Waals surface area contributed by atoms with Crippen molar-refractivity contribution >= 4 is 45.7 Å². The Morgan fingerprint density at radius 2 is 1.65 bits per heavy atom. The Morgan fingerprint density at radius 1 is 0.981 bits per heavy atom. The average molecular weight is 762 g/mol. The van der Waals surface area contributed by atoms with Crippen LogP contribution in [0, 0.1) is 5.92 Å². The van der Waals surface area contributed by atoms with Crippen molar-refractivity contribution < 1.29 is 85.8 Å². The number of hydrogen-bond donors (Lipinski definition) is 7. The molecule has 0 aliphatic carbocycles. The number of carbonyl (C=O) groups excluding carboxylic acids is 5. The van der Waals surface area contributed by atoms with Gasteiger partial charge in [0.2, 0.25) is 18.1 Å². The predicted octanol–water partition coefficient (Wildman–Crippen LogP) is -3.53. The van der Waals surface area contributed by atoms with Gasteiger partial charge in [0.15, 0.2) is 6.10 Å². The lowest BCUT2D eigenvalue weighted by Gasteiger charge is -2.38. The third-order valence-electron chi connectivity index (χ3n) is 7.21. The number of aliphatic hydroxyl groups excluding tert-OH is 3. The molecule has 22 heteroatoms. The average Bonchev–Trinajstić information content (AvgIpc) is 3.38. The van der Waals surface area contributed by atoms with Gasteiger partial charge in [-0.25, -0.2) is 4.79 Å². The van der Waals surface area contributed by atoms with Gasteiger partial charge in [0.1, 0.15) is 61.4 Å². The first-order chi connectivity index (χ1) is 24.4. The minimum Gasteiger partial charge on any atom is -0.491 e. The summed E-state index contributed by atoms with van der Waals surface area (Å²) in [5.74, 6) is -7.31. The molecule has 2 aliphatic rings. The fraction of sp³-hybridized carbons (Fsp3) is 0.533. The Morgan fingerprint density at radius 3 is 2.27 bits per heavy atom. The molecule has 52 heavy (non-hydrogen) atoms. The molecular weight excluding hydrogens is 722 g/mol. The number of nitrogens with one attached hydrogen (secondary N) is 2. The van der Waals surface area contributed by atoms with Crippen LogP contribution in [0.15, 0.2) is 30.4 Å². The largest absolute Gasteiger partial charge is 0.491 e. The summed E-state index contributed by atoms with van der Waals surface area (Å²) < 4.78 is 59.2. The van der Waals surface area contributed by atoms with Crippen LogP contribution >= 0.6 is 0 Å². The van der Waals surface area contributed by atoms with Gasteiger partial charge in [-0.1, -0.05) is 13.8 Å². The van der Waals surface area contributed by atoms with Crippen molar-refractivity contribution in [2.24, 2.45) is 5.92 Å². The van der Waals surface area contributed by atoms with Gasteiger partial charge >= 0.3 is 11.9 Å². The number of esters is 1. The minimum absolute atomic E-state index is 0.0313. The summed E-state index contributed by atoms with van der Waals surface area (Å²) in [6.07, 6.45) is -7.43. The zero-order valence-electron chi connectivity index (χ0n) is 27.8. The van der Waals surface area contributed by atoms with Crippen molar-refractivity contribution in [1.82, 2.24) is 15.5 Å². The van der Waals surface area contributed by atoms with Gasteiger partial charge in [-0.3, -0.25) is 33.4 Å². The van der Waals surface area contributed by atoms with E-state index in [0.29, 0.717) is 10.5 Å². The van der Waals surface area contributed by atoms with Crippen LogP contribution in [0.2, 0.25) is 0 Å². The first-order valence-corrected chi connectivity index (χ1v) is 17.1. The van der Waals surface area contributed by atoms with E-state index < -0.39 is 101 Å². The van der Waals surface area contributed by atoms with E-state index in [1.165, 1.54) is 18.2 Å². The summed E-state index contributed by atoms with van der Waals surface area (Å²) in [4.78, 5) is 72.3. The summed E-state index contributed by atoms with van der Waals surface area (Å²) in [7, 11) is -4.76. The van der Waals surface area contributed by atoms with E-state index in [9.17, 15) is 62.2 Å². The second-order valence-electron chi connectivity index (χ2n) is 11.6. The number of carbonyl (C=O) groups is 6. The van der Waals surface area contributed by atoms with Crippen LogP contribution in [0.25, 0.3) is 0 Å². The van der Waals surface area contributed by atoms with E-state index in [1.807, 2.05) is 0 Å². The molecule has 1 unspecified atom stereocenters. The maximum absolute atomic E-state index is 12.6. The van der Waals surface area contributed by atoms with Crippen molar-refractivity contribution in [3.05, 3.63) is 35.9 Å². The molecule has 7 N–H and O–H groups in total. The second kappa shape index (κ2) is 18.7. The molecule has 0 spiro atoms. The number of carboxylic acids is 1. The molecule has 288 valence electrons. The Bertz CT molecular complexity index is 1610. The topological polar surface area (TPSA) is 311 Å². The van der Waals surface area contributed by atoms with E-state index in [0.717, 1.165) is 12.2 Å². The first-order valence-electron chi connectivity index (χ1n) is 15.5. The molecule has 1 aromatic rings. The van der Waals surface area contributed by atoms with Crippen LogP contribution in [0.1, 0.15) is 19.4 Å². The standard InChI is InChI=1S/C30H39N3O18S/c1-15(2)29(43)49-13-16-3-4-17(50-30-25(39)23(37)24(38)26(51-30)28(41)42)11-19(16)48-10-9-47-8-7-31-27(40)18(14-52(44,45)46)32-20(34)12-33-21(35)5-6-22(33)36/h3-6,11,15,18,23-26,30,37-39H,7-10,12-14H2,1-2H3,(H,31,40)(H,32,34)(H,41,42)(H,44,45,46)/t18?,23-,24-,25+,26-,30+/m0/s1. The van der Waals surface area contributed by atoms with Gasteiger partial charge in [-0.05, 0) is 12.1 Å². The summed E-state index contributed by atoms with van der Waals surface area (Å²) in [5, 5.41) is 43.9. The molecule has 21 nitrogen and oxygen atoms in total. The van der Waals surface area contributed by atoms with Crippen molar-refractivity contribution in [3.63, 3.8) is 0 Å². The lowest BCUT2D eigenvalue weighted by molar-refractivity contribution is -0.271. The minimum atomic E-state index is -4.76. The highest BCUT2D eigenvalue weighted by atomic mass is 32.2. The molecule has 0 saturated carbocycles. The molecule has 3 rings (SSSR count). The van der Waals surface area contributed by atoms with Crippen LogP contribution < -0.4 is 20.1 Å². The third kappa shape index (κ3) is 12.2. The highest BCUT2D eigenvalue weighted by Gasteiger charge is 2.48. The van der Waals surface area contributed by atoms with Crippen LogP contribution in [-0.2, 0) is 59.7 Å². The molecule has 1 saturated heterocycles. The monoisotopic (exact) mass is 761 g/mol. The molecule has 2 aliphatic heterocycles. The fourth-order valence-corrected chi connectivity index (χ4v) is 5.16. The molecule has 0 radical (unpaired) electrons. The van der Waals surface area contributed by atoms with Gasteiger partial charge in [0.05, 0.1) is 19.1 Å². The number of benzene rings is 1. The first kappa shape index (κ1) is 41.7. The number of hydrogen-bond acceptors (Lipinski definition) is 16. The van der Waals surface area contributed by atoms with Crippen LogP contribution in [-0.4, -0.2) is 149 Å². The van der Waals surface area contributed by atoms with Crippen molar-refractivity contribution in [1.29, 1.82) is 0 Å². The number of ether oxygens (including phenoxy) is 5. The zero-order chi connectivity index (χ0) is 38.7. The van der Waals surface area contributed by atoms with Gasteiger partial charge in [0, 0.05) is 30.3 Å². The van der Waals surface area contributed by atoms with E-state index in [2.05, 4.69) is 10.6 Å². The summed E-state index contributed by atoms with van der Waals surface area (Å²) in [6, 6.07) is 2.34. The third-order valence-corrected chi connectivity index (χ3v) is 7.96. The molecule has 6 atom stereocenters. The van der Waals surface area contributed by atoms with E-state index >= 15 is 0 Å². The number of aliphatic carboxylic acids is 1. The number of amides is 4. The highest BCUT2D eigenvalue weighted by molar-refractivity contribution is 7.85. The normalized spacial score (nSPS) is 22.2. The smallest absolute Gasteiger partial charge is 0.335 e. The molecular formula is C30H39N3O18S. The summed E-state index contributed by atoms with van der Waals surface area (Å²) >= 11 is 0. The molecule has 0 aromatic heterocycles. The van der Waals surface area contributed by atoms with Gasteiger partial charge < -0.3 is 54.7 Å². The lowest BCUT2D eigenvalue weighted by Crippen LogP contribution is -2.61. The van der Waals surface area contributed by atoms with E-state index in [4.69, 9.17) is 23.7 Å². The van der Waals surface area contributed by atoms with E-state index in [-0.39, 0.29) is 44.5 Å². The van der Waals surface area contributed by atoms with Gasteiger partial charge in [-0.2, -0.15) is 8.42 Å². The van der Waals surface area contributed by atoms with Crippen LogP contribution in [0.4, 0.5) is 0 Å². The maximum Gasteiger partial charge on any atom is 0.335 e. The molecule has 0 bridgehead atoms. The highest BCUT2D eigenvalue weighted by Crippen LogP contribution is 2.30. The fourth-order valence-electron chi connectivity index (χ4n) is 4.51. The SMILES string of the molecule is CC(C)C(=O)OCc1ccc(O[C@@H]2O[C@H](C(=O)O)[C@@H](O)[C@H](O)[C@H]2O)cc1OCCOCCNC(=O)C(CS(=O)(=O)O)NC(=O)CN1C(=O)C=CC1=O. The van der Waals surface area contributed by atoms with Crippen molar-refractivity contribution in [2.45, 2.75) is 57.2 Å². The van der Waals surface area contributed by atoms with Crippen LogP contribution in [0.5, 0.6) is 11.5 Å². The summed E-state index contributed by atoms with van der Waals surface area (Å²) in [5.41, 5.74) is 0.360. The molecule has 1 aromatic carbocycles. The van der Waals surface area contributed by atoms with Gasteiger partial charge in [-0.15, -0.1) is 0 Å². The molecule has 4 amide bonds. The number of imide groups is 1. The second-order valence-corrected chi connectivity index (χ2v) is 13.1. The van der Waals surface area contributed by atoms with Crippen LogP contribution in [0.3, 0.4) is 0 Å². The Hall–Kier alpha value is -4.71. The van der Waals surface area contributed by atoms with Gasteiger partial charge in [0.25, 0.3) is 21.9 Å².